The second-order valence-electron chi connectivity index (χ2n) is 6.54. The zero-order chi connectivity index (χ0) is 16.1. The van der Waals surface area contributed by atoms with Crippen molar-refractivity contribution in [1.82, 2.24) is 0 Å². The van der Waals surface area contributed by atoms with Crippen LogP contribution in [-0.4, -0.2) is 51.2 Å². The molecule has 0 saturated heterocycles. The van der Waals surface area contributed by atoms with Gasteiger partial charge in [-0.25, -0.2) is 8.37 Å². The molecule has 0 heterocycles. The third-order valence-electron chi connectivity index (χ3n) is 3.31. The minimum absolute atomic E-state index is 0. The van der Waals surface area contributed by atoms with Crippen LogP contribution in [0.3, 0.4) is 0 Å². The Labute approximate surface area is 160 Å². The molecular formula is C16H34NaO4S. The van der Waals surface area contributed by atoms with Crippen LogP contribution in [0.5, 0.6) is 0 Å². The Kier molecular flexibility index (Phi) is 17.6. The SMILES string of the molecule is CC(C)CCCCCOS(=O)(=O)OCCCCCC(C)C.[Na]. The standard InChI is InChI=1S/C16H34O4S.Na/c1-15(2)11-7-5-9-13-19-21(17,18)20-14-10-6-8-12-16(3)4;/h15-16H,5-14H2,1-4H3;. The number of hydrogen-bond acceptors (Lipinski definition) is 4. The second-order valence-corrected chi connectivity index (χ2v) is 7.83. The van der Waals surface area contributed by atoms with Crippen molar-refractivity contribution in [3.63, 3.8) is 0 Å². The second kappa shape index (κ2) is 15.4. The summed E-state index contributed by atoms with van der Waals surface area (Å²) in [6.45, 7) is 9.22. The van der Waals surface area contributed by atoms with Gasteiger partial charge in [-0.3, -0.25) is 0 Å². The smallest absolute Gasteiger partial charge is 0.248 e. The molecule has 0 saturated carbocycles. The van der Waals surface area contributed by atoms with Crippen molar-refractivity contribution in [3.8, 4) is 0 Å². The van der Waals surface area contributed by atoms with E-state index in [4.69, 9.17) is 8.37 Å². The summed E-state index contributed by atoms with van der Waals surface area (Å²) in [7, 11) is -3.79. The van der Waals surface area contributed by atoms with Crippen molar-refractivity contribution in [2.24, 2.45) is 11.8 Å². The van der Waals surface area contributed by atoms with Gasteiger partial charge in [0.05, 0.1) is 13.2 Å². The van der Waals surface area contributed by atoms with E-state index in [1.54, 1.807) is 0 Å². The summed E-state index contributed by atoms with van der Waals surface area (Å²) < 4.78 is 32.6. The van der Waals surface area contributed by atoms with Crippen LogP contribution >= 0.6 is 0 Å². The summed E-state index contributed by atoms with van der Waals surface area (Å²) in [4.78, 5) is 0. The Bertz CT molecular complexity index is 303. The van der Waals surface area contributed by atoms with E-state index in [-0.39, 0.29) is 42.8 Å². The summed E-state index contributed by atoms with van der Waals surface area (Å²) in [5.41, 5.74) is 0. The third-order valence-corrected chi connectivity index (χ3v) is 4.22. The first-order valence-corrected chi connectivity index (χ1v) is 9.70. The maximum absolute atomic E-state index is 11.5. The predicted molar refractivity (Wildman–Crippen MR) is 93.2 cm³/mol. The van der Waals surface area contributed by atoms with Gasteiger partial charge in [0.2, 0.25) is 0 Å². The predicted octanol–water partition coefficient (Wildman–Crippen LogP) is 4.32. The summed E-state index contributed by atoms with van der Waals surface area (Å²) in [6, 6.07) is 0. The fourth-order valence-electron chi connectivity index (χ4n) is 2.02. The first-order chi connectivity index (χ1) is 9.83. The molecule has 0 amide bonds. The third kappa shape index (κ3) is 18.9. The van der Waals surface area contributed by atoms with Gasteiger partial charge < -0.3 is 0 Å². The van der Waals surface area contributed by atoms with Gasteiger partial charge in [0.1, 0.15) is 0 Å². The largest absolute Gasteiger partial charge is 0.399 e. The van der Waals surface area contributed by atoms with Crippen molar-refractivity contribution in [2.75, 3.05) is 13.2 Å². The quantitative estimate of drug-likeness (QED) is 0.347. The van der Waals surface area contributed by atoms with E-state index in [2.05, 4.69) is 27.7 Å². The average Bonchev–Trinajstić information content (AvgIpc) is 2.37. The Hall–Kier alpha value is 0.870. The molecule has 0 fully saturated rings. The van der Waals surface area contributed by atoms with E-state index in [9.17, 15) is 8.42 Å². The molecule has 22 heavy (non-hydrogen) atoms. The minimum atomic E-state index is -3.79. The Morgan fingerprint density at radius 2 is 1.05 bits per heavy atom. The molecular weight excluding hydrogens is 311 g/mol. The van der Waals surface area contributed by atoms with Crippen LogP contribution in [0.1, 0.15) is 79.1 Å². The summed E-state index contributed by atoms with van der Waals surface area (Å²) in [5, 5.41) is 0. The average molecular weight is 346 g/mol. The summed E-state index contributed by atoms with van der Waals surface area (Å²) in [6.07, 6.45) is 8.15. The molecule has 0 N–H and O–H groups in total. The number of unbranched alkanes of at least 4 members (excludes halogenated alkanes) is 4. The van der Waals surface area contributed by atoms with Crippen molar-refractivity contribution < 1.29 is 16.8 Å². The summed E-state index contributed by atoms with van der Waals surface area (Å²) in [5.74, 6) is 1.40. The zero-order valence-electron chi connectivity index (χ0n) is 15.3. The van der Waals surface area contributed by atoms with E-state index in [0.29, 0.717) is 11.8 Å². The molecule has 0 rings (SSSR count). The molecule has 0 aliphatic rings. The fourth-order valence-corrected chi connectivity index (χ4v) is 2.73. The van der Waals surface area contributed by atoms with E-state index in [1.165, 1.54) is 12.8 Å². The Morgan fingerprint density at radius 1 is 0.682 bits per heavy atom. The molecule has 6 heteroatoms. The molecule has 0 aromatic carbocycles. The van der Waals surface area contributed by atoms with Crippen molar-refractivity contribution in [1.29, 1.82) is 0 Å². The van der Waals surface area contributed by atoms with Gasteiger partial charge in [-0.2, -0.15) is 8.42 Å². The van der Waals surface area contributed by atoms with Crippen LogP contribution in [0, 0.1) is 11.8 Å². The molecule has 0 spiro atoms. The van der Waals surface area contributed by atoms with Gasteiger partial charge in [0, 0.05) is 29.6 Å². The van der Waals surface area contributed by atoms with Gasteiger partial charge in [-0.15, -0.1) is 0 Å². The van der Waals surface area contributed by atoms with Crippen molar-refractivity contribution in [2.45, 2.75) is 79.1 Å². The molecule has 0 unspecified atom stereocenters. The zero-order valence-corrected chi connectivity index (χ0v) is 18.1. The maximum Gasteiger partial charge on any atom is 0.399 e. The van der Waals surface area contributed by atoms with Crippen LogP contribution in [0.2, 0.25) is 0 Å². The van der Waals surface area contributed by atoms with Gasteiger partial charge in [-0.05, 0) is 24.7 Å². The van der Waals surface area contributed by atoms with Gasteiger partial charge in [0.15, 0.2) is 0 Å². The number of hydrogen-bond donors (Lipinski definition) is 0. The van der Waals surface area contributed by atoms with E-state index < -0.39 is 10.4 Å². The van der Waals surface area contributed by atoms with E-state index in [0.717, 1.165) is 38.5 Å². The van der Waals surface area contributed by atoms with Crippen molar-refractivity contribution in [3.05, 3.63) is 0 Å². The van der Waals surface area contributed by atoms with Crippen LogP contribution in [0.25, 0.3) is 0 Å². The van der Waals surface area contributed by atoms with Gasteiger partial charge in [-0.1, -0.05) is 66.2 Å². The Balaban J connectivity index is 0. The normalized spacial score (nSPS) is 11.9. The van der Waals surface area contributed by atoms with E-state index >= 15 is 0 Å². The maximum atomic E-state index is 11.5. The van der Waals surface area contributed by atoms with Gasteiger partial charge >= 0.3 is 10.4 Å². The first-order valence-electron chi connectivity index (χ1n) is 8.37. The minimum Gasteiger partial charge on any atom is -0.248 e. The van der Waals surface area contributed by atoms with E-state index in [1.807, 2.05) is 0 Å². The molecule has 0 aliphatic carbocycles. The molecule has 129 valence electrons. The number of rotatable bonds is 14. The first kappa shape index (κ1) is 25.1. The van der Waals surface area contributed by atoms with Crippen LogP contribution < -0.4 is 0 Å². The van der Waals surface area contributed by atoms with Crippen molar-refractivity contribution >= 4 is 40.0 Å². The van der Waals surface area contributed by atoms with Gasteiger partial charge in [0.25, 0.3) is 0 Å². The van der Waals surface area contributed by atoms with Crippen LogP contribution in [0.15, 0.2) is 0 Å². The molecule has 4 nitrogen and oxygen atoms in total. The topological polar surface area (TPSA) is 52.6 Å². The van der Waals surface area contributed by atoms with Crippen LogP contribution in [0.4, 0.5) is 0 Å². The summed E-state index contributed by atoms with van der Waals surface area (Å²) >= 11 is 0. The molecule has 0 bridgehead atoms. The molecule has 0 atom stereocenters. The van der Waals surface area contributed by atoms with Crippen LogP contribution in [-0.2, 0) is 18.8 Å². The molecule has 0 aromatic rings. The Morgan fingerprint density at radius 3 is 1.36 bits per heavy atom. The monoisotopic (exact) mass is 345 g/mol. The molecule has 0 aromatic heterocycles. The molecule has 0 aliphatic heterocycles. The molecule has 1 radical (unpaired) electrons. The fraction of sp³-hybridized carbons (Fsp3) is 1.00.